The van der Waals surface area contributed by atoms with Crippen molar-refractivity contribution in [3.05, 3.63) is 30.1 Å². The second kappa shape index (κ2) is 11.2. The molecule has 0 spiro atoms. The number of hydrogen-bond donors (Lipinski definition) is 3. The number of carbonyl (C=O) groups is 2. The molecule has 2 amide bonds. The Balaban J connectivity index is 1.70. The quantitative estimate of drug-likeness (QED) is 0.476. The number of ether oxygens (including phenoxy) is 1. The predicted octanol–water partition coefficient (Wildman–Crippen LogP) is 0.789. The smallest absolute Gasteiger partial charge is 0.240 e. The first-order chi connectivity index (χ1) is 13.8. The Hall–Kier alpha value is -2.04. The van der Waals surface area contributed by atoms with Gasteiger partial charge in [0.25, 0.3) is 0 Å². The third-order valence-corrected chi connectivity index (χ3v) is 6.39. The number of amides is 2. The van der Waals surface area contributed by atoms with Crippen LogP contribution in [0.1, 0.15) is 25.7 Å². The Morgan fingerprint density at radius 1 is 1.10 bits per heavy atom. The van der Waals surface area contributed by atoms with Gasteiger partial charge in [-0.05, 0) is 55.9 Å². The number of sulfonamides is 1. The molecule has 1 saturated carbocycles. The van der Waals surface area contributed by atoms with Crippen LogP contribution in [0, 0.1) is 17.7 Å². The van der Waals surface area contributed by atoms with Crippen molar-refractivity contribution in [1.82, 2.24) is 15.4 Å². The van der Waals surface area contributed by atoms with Crippen LogP contribution in [0.2, 0.25) is 0 Å². The highest BCUT2D eigenvalue weighted by Crippen LogP contribution is 2.28. The van der Waals surface area contributed by atoms with Crippen molar-refractivity contribution in [3.8, 4) is 0 Å². The van der Waals surface area contributed by atoms with E-state index in [1.54, 1.807) is 0 Å². The lowest BCUT2D eigenvalue weighted by atomic mass is 9.81. The van der Waals surface area contributed by atoms with E-state index in [9.17, 15) is 22.4 Å². The second-order valence-electron chi connectivity index (χ2n) is 7.08. The minimum atomic E-state index is -3.68. The first kappa shape index (κ1) is 23.2. The van der Waals surface area contributed by atoms with E-state index in [-0.39, 0.29) is 41.6 Å². The van der Waals surface area contributed by atoms with Crippen molar-refractivity contribution in [2.75, 3.05) is 33.4 Å². The van der Waals surface area contributed by atoms with Crippen LogP contribution < -0.4 is 15.4 Å². The van der Waals surface area contributed by atoms with E-state index in [4.69, 9.17) is 4.74 Å². The van der Waals surface area contributed by atoms with Crippen molar-refractivity contribution in [3.63, 3.8) is 0 Å². The van der Waals surface area contributed by atoms with Crippen LogP contribution in [0.25, 0.3) is 0 Å². The monoisotopic (exact) mass is 429 g/mol. The minimum Gasteiger partial charge on any atom is -0.383 e. The molecule has 162 valence electrons. The zero-order chi connectivity index (χ0) is 21.3. The molecule has 0 aromatic heterocycles. The van der Waals surface area contributed by atoms with Gasteiger partial charge in [-0.25, -0.2) is 17.5 Å². The van der Waals surface area contributed by atoms with Crippen LogP contribution >= 0.6 is 0 Å². The molecule has 0 saturated heterocycles. The fourth-order valence-corrected chi connectivity index (χ4v) is 4.34. The lowest BCUT2D eigenvalue weighted by Gasteiger charge is -2.27. The van der Waals surface area contributed by atoms with Gasteiger partial charge >= 0.3 is 0 Å². The van der Waals surface area contributed by atoms with E-state index < -0.39 is 15.8 Å². The van der Waals surface area contributed by atoms with Gasteiger partial charge in [0.1, 0.15) is 5.82 Å². The predicted molar refractivity (Wildman–Crippen MR) is 105 cm³/mol. The van der Waals surface area contributed by atoms with Gasteiger partial charge in [-0.1, -0.05) is 0 Å². The Morgan fingerprint density at radius 2 is 1.76 bits per heavy atom. The third kappa shape index (κ3) is 7.71. The van der Waals surface area contributed by atoms with Gasteiger partial charge in [0.2, 0.25) is 21.8 Å². The Bertz CT molecular complexity index is 778. The summed E-state index contributed by atoms with van der Waals surface area (Å²) in [6.07, 6.45) is 2.70. The number of halogens is 1. The van der Waals surface area contributed by atoms with E-state index in [0.717, 1.165) is 12.1 Å². The second-order valence-corrected chi connectivity index (χ2v) is 8.85. The topological polar surface area (TPSA) is 114 Å². The molecule has 1 fully saturated rings. The fraction of sp³-hybridized carbons (Fsp3) is 0.579. The molecule has 1 aliphatic carbocycles. The number of methoxy groups -OCH3 is 1. The molecule has 10 heteroatoms. The molecule has 1 aliphatic rings. The van der Waals surface area contributed by atoms with Crippen LogP contribution in [0.4, 0.5) is 4.39 Å². The van der Waals surface area contributed by atoms with Gasteiger partial charge in [-0.3, -0.25) is 9.59 Å². The molecule has 0 aliphatic heterocycles. The molecule has 0 radical (unpaired) electrons. The van der Waals surface area contributed by atoms with Crippen molar-refractivity contribution in [2.24, 2.45) is 11.8 Å². The van der Waals surface area contributed by atoms with Crippen LogP contribution in [0.15, 0.2) is 29.2 Å². The summed E-state index contributed by atoms with van der Waals surface area (Å²) in [5.74, 6) is -0.956. The highest BCUT2D eigenvalue weighted by Gasteiger charge is 2.27. The fourth-order valence-electron chi connectivity index (χ4n) is 3.22. The highest BCUT2D eigenvalue weighted by molar-refractivity contribution is 7.89. The normalized spacial score (nSPS) is 19.5. The minimum absolute atomic E-state index is 0.0238. The maximum atomic E-state index is 12.9. The lowest BCUT2D eigenvalue weighted by Crippen LogP contribution is -2.41. The molecule has 0 bridgehead atoms. The highest BCUT2D eigenvalue weighted by atomic mass is 32.2. The molecule has 1 aromatic carbocycles. The van der Waals surface area contributed by atoms with Crippen molar-refractivity contribution >= 4 is 21.8 Å². The van der Waals surface area contributed by atoms with Crippen molar-refractivity contribution < 1.29 is 27.1 Å². The SMILES string of the molecule is COCCNC(=O)CNC(=O)C1CCC(CNS(=O)(=O)c2ccc(F)cc2)CC1. The molecule has 3 N–H and O–H groups in total. The van der Waals surface area contributed by atoms with Gasteiger partial charge in [0.15, 0.2) is 0 Å². The average Bonchev–Trinajstić information content (AvgIpc) is 2.71. The third-order valence-electron chi connectivity index (χ3n) is 4.96. The molecular weight excluding hydrogens is 401 g/mol. The zero-order valence-electron chi connectivity index (χ0n) is 16.4. The molecule has 0 heterocycles. The van der Waals surface area contributed by atoms with Gasteiger partial charge in [0.05, 0.1) is 18.0 Å². The molecule has 0 atom stereocenters. The van der Waals surface area contributed by atoms with E-state index in [0.29, 0.717) is 38.8 Å². The summed E-state index contributed by atoms with van der Waals surface area (Å²) in [4.78, 5) is 23.8. The number of hydrogen-bond acceptors (Lipinski definition) is 5. The van der Waals surface area contributed by atoms with E-state index >= 15 is 0 Å². The molecule has 29 heavy (non-hydrogen) atoms. The van der Waals surface area contributed by atoms with E-state index in [1.165, 1.54) is 19.2 Å². The largest absolute Gasteiger partial charge is 0.383 e. The molecule has 1 aromatic rings. The molecule has 2 rings (SSSR count). The molecular formula is C19H28FN3O5S. The Labute approximate surface area is 170 Å². The first-order valence-corrected chi connectivity index (χ1v) is 11.1. The van der Waals surface area contributed by atoms with Crippen LogP contribution in [-0.2, 0) is 24.3 Å². The first-order valence-electron chi connectivity index (χ1n) is 9.60. The summed E-state index contributed by atoms with van der Waals surface area (Å²) in [7, 11) is -2.14. The van der Waals surface area contributed by atoms with Gasteiger partial charge < -0.3 is 15.4 Å². The van der Waals surface area contributed by atoms with Crippen LogP contribution in [0.5, 0.6) is 0 Å². The summed E-state index contributed by atoms with van der Waals surface area (Å²) in [5, 5.41) is 5.27. The molecule has 0 unspecified atom stereocenters. The van der Waals surface area contributed by atoms with Gasteiger partial charge in [0, 0.05) is 26.1 Å². The number of nitrogens with one attached hydrogen (secondary N) is 3. The van der Waals surface area contributed by atoms with Crippen molar-refractivity contribution in [2.45, 2.75) is 30.6 Å². The zero-order valence-corrected chi connectivity index (χ0v) is 17.3. The number of carbonyl (C=O) groups excluding carboxylic acids is 2. The molecule has 8 nitrogen and oxygen atoms in total. The van der Waals surface area contributed by atoms with E-state index in [2.05, 4.69) is 15.4 Å². The van der Waals surface area contributed by atoms with Crippen LogP contribution in [-0.4, -0.2) is 53.6 Å². The summed E-state index contributed by atoms with van der Waals surface area (Å²) in [6, 6.07) is 4.67. The Kier molecular flexibility index (Phi) is 8.99. The van der Waals surface area contributed by atoms with Gasteiger partial charge in [-0.2, -0.15) is 0 Å². The summed E-state index contributed by atoms with van der Waals surface area (Å²) >= 11 is 0. The standard InChI is InChI=1S/C19H28FN3O5S/c1-28-11-10-21-18(24)13-22-19(25)15-4-2-14(3-5-15)12-23-29(26,27)17-8-6-16(20)7-9-17/h6-9,14-15,23H,2-5,10-13H2,1H3,(H,21,24)(H,22,25). The average molecular weight is 430 g/mol. The Morgan fingerprint density at radius 3 is 2.38 bits per heavy atom. The number of benzene rings is 1. The summed E-state index contributed by atoms with van der Waals surface area (Å²) < 4.78 is 44.9. The summed E-state index contributed by atoms with van der Waals surface area (Å²) in [5.41, 5.74) is 0. The van der Waals surface area contributed by atoms with E-state index in [1.807, 2.05) is 0 Å². The van der Waals surface area contributed by atoms with Gasteiger partial charge in [-0.15, -0.1) is 0 Å². The maximum Gasteiger partial charge on any atom is 0.240 e. The number of rotatable bonds is 10. The van der Waals surface area contributed by atoms with Crippen molar-refractivity contribution in [1.29, 1.82) is 0 Å². The maximum absolute atomic E-state index is 12.9. The summed E-state index contributed by atoms with van der Waals surface area (Å²) in [6.45, 7) is 1.01. The lowest BCUT2D eigenvalue weighted by molar-refractivity contribution is -0.129. The van der Waals surface area contributed by atoms with Crippen LogP contribution in [0.3, 0.4) is 0 Å².